The largest absolute Gasteiger partial charge is 0.493 e. The number of nitrogens with one attached hydrogen (secondary N) is 1. The second kappa shape index (κ2) is 8.25. The maximum absolute atomic E-state index is 10.5. The molecule has 2 rings (SSSR count). The van der Waals surface area contributed by atoms with Crippen molar-refractivity contribution in [3.05, 3.63) is 24.3 Å². The predicted octanol–water partition coefficient (Wildman–Crippen LogP) is 2.75. The van der Waals surface area contributed by atoms with E-state index in [-0.39, 0.29) is 0 Å². The van der Waals surface area contributed by atoms with Gasteiger partial charge in [-0.3, -0.25) is 0 Å². The number of rotatable bonds is 7. The molecule has 1 aliphatic carbocycles. The van der Waals surface area contributed by atoms with Crippen molar-refractivity contribution < 1.29 is 14.6 Å². The van der Waals surface area contributed by atoms with Gasteiger partial charge < -0.3 is 19.9 Å². The first-order valence-corrected chi connectivity index (χ1v) is 7.92. The molecule has 4 heteroatoms. The van der Waals surface area contributed by atoms with E-state index in [1.54, 1.807) is 7.11 Å². The summed E-state index contributed by atoms with van der Waals surface area (Å²) in [5.41, 5.74) is -0.527. The highest BCUT2D eigenvalue weighted by molar-refractivity contribution is 5.39. The first-order valence-electron chi connectivity index (χ1n) is 7.92. The van der Waals surface area contributed by atoms with Crippen molar-refractivity contribution in [1.82, 2.24) is 5.32 Å². The molecular weight excluding hydrogens is 266 g/mol. The van der Waals surface area contributed by atoms with Crippen LogP contribution in [0.15, 0.2) is 24.3 Å². The van der Waals surface area contributed by atoms with E-state index in [9.17, 15) is 5.11 Å². The summed E-state index contributed by atoms with van der Waals surface area (Å²) in [5, 5.41) is 13.8. The minimum absolute atomic E-state index is 0.527. The van der Waals surface area contributed by atoms with E-state index < -0.39 is 5.60 Å². The normalized spacial score (nSPS) is 18.0. The van der Waals surface area contributed by atoms with E-state index in [1.165, 1.54) is 12.8 Å². The van der Waals surface area contributed by atoms with Crippen LogP contribution in [-0.4, -0.2) is 37.5 Å². The van der Waals surface area contributed by atoms with Gasteiger partial charge >= 0.3 is 0 Å². The highest BCUT2D eigenvalue weighted by atomic mass is 16.5. The molecule has 0 saturated heterocycles. The van der Waals surface area contributed by atoms with E-state index >= 15 is 0 Å². The molecule has 21 heavy (non-hydrogen) atoms. The smallest absolute Gasteiger partial charge is 0.161 e. The maximum Gasteiger partial charge on any atom is 0.161 e. The number of hydrogen-bond donors (Lipinski definition) is 2. The molecule has 0 unspecified atom stereocenters. The Kier molecular flexibility index (Phi) is 6.33. The second-order valence-corrected chi connectivity index (χ2v) is 5.81. The minimum Gasteiger partial charge on any atom is -0.493 e. The van der Waals surface area contributed by atoms with Crippen molar-refractivity contribution in [2.75, 3.05) is 26.8 Å². The summed E-state index contributed by atoms with van der Waals surface area (Å²) >= 11 is 0. The average Bonchev–Trinajstić information content (AvgIpc) is 2.72. The lowest BCUT2D eigenvalue weighted by Gasteiger charge is -2.27. The predicted molar refractivity (Wildman–Crippen MR) is 84.0 cm³/mol. The van der Waals surface area contributed by atoms with Crippen LogP contribution < -0.4 is 14.8 Å². The minimum atomic E-state index is -0.527. The molecule has 0 spiro atoms. The summed E-state index contributed by atoms with van der Waals surface area (Å²) < 4.78 is 10.9. The van der Waals surface area contributed by atoms with E-state index in [4.69, 9.17) is 9.47 Å². The molecule has 0 aromatic heterocycles. The third-order valence-electron chi connectivity index (χ3n) is 4.09. The Morgan fingerprint density at radius 1 is 1.10 bits per heavy atom. The Labute approximate surface area is 127 Å². The standard InChI is InChI=1S/C17H27NO3/c1-20-15-8-4-5-9-16(15)21-13-12-18-14-17(19)10-6-2-3-7-11-17/h4-5,8-9,18-19H,2-3,6-7,10-14H2,1H3. The fraction of sp³-hybridized carbons (Fsp3) is 0.647. The zero-order chi connectivity index (χ0) is 15.0. The van der Waals surface area contributed by atoms with E-state index in [0.717, 1.165) is 43.7 Å². The zero-order valence-corrected chi connectivity index (χ0v) is 12.9. The van der Waals surface area contributed by atoms with Crippen LogP contribution in [0.1, 0.15) is 38.5 Å². The lowest BCUT2D eigenvalue weighted by molar-refractivity contribution is 0.0248. The second-order valence-electron chi connectivity index (χ2n) is 5.81. The number of para-hydroxylation sites is 2. The number of aliphatic hydroxyl groups is 1. The van der Waals surface area contributed by atoms with Gasteiger partial charge in [-0.15, -0.1) is 0 Å². The highest BCUT2D eigenvalue weighted by Gasteiger charge is 2.27. The number of ether oxygens (including phenoxy) is 2. The summed E-state index contributed by atoms with van der Waals surface area (Å²) in [6, 6.07) is 7.64. The maximum atomic E-state index is 10.5. The van der Waals surface area contributed by atoms with Gasteiger partial charge in [0.15, 0.2) is 11.5 Å². The molecule has 0 amide bonds. The first-order chi connectivity index (χ1) is 10.2. The Morgan fingerprint density at radius 2 is 1.76 bits per heavy atom. The summed E-state index contributed by atoms with van der Waals surface area (Å²) in [5.74, 6) is 1.51. The summed E-state index contributed by atoms with van der Waals surface area (Å²) in [6.45, 7) is 1.94. The average molecular weight is 293 g/mol. The van der Waals surface area contributed by atoms with Crippen LogP contribution in [0.3, 0.4) is 0 Å². The molecule has 118 valence electrons. The fourth-order valence-electron chi connectivity index (χ4n) is 2.86. The topological polar surface area (TPSA) is 50.7 Å². The van der Waals surface area contributed by atoms with E-state index in [0.29, 0.717) is 13.2 Å². The van der Waals surface area contributed by atoms with Gasteiger partial charge in [0.1, 0.15) is 6.61 Å². The Morgan fingerprint density at radius 3 is 2.43 bits per heavy atom. The van der Waals surface area contributed by atoms with Crippen LogP contribution in [0.5, 0.6) is 11.5 Å². The third kappa shape index (κ3) is 5.21. The van der Waals surface area contributed by atoms with Gasteiger partial charge in [-0.1, -0.05) is 37.8 Å². The van der Waals surface area contributed by atoms with Gasteiger partial charge in [-0.05, 0) is 25.0 Å². The van der Waals surface area contributed by atoms with Gasteiger partial charge in [0.05, 0.1) is 12.7 Å². The van der Waals surface area contributed by atoms with Gasteiger partial charge in [-0.25, -0.2) is 0 Å². The fourth-order valence-corrected chi connectivity index (χ4v) is 2.86. The molecule has 1 aromatic rings. The molecule has 0 heterocycles. The van der Waals surface area contributed by atoms with Gasteiger partial charge in [0, 0.05) is 13.1 Å². The van der Waals surface area contributed by atoms with Crippen LogP contribution in [0, 0.1) is 0 Å². The van der Waals surface area contributed by atoms with E-state index in [2.05, 4.69) is 5.32 Å². The highest BCUT2D eigenvalue weighted by Crippen LogP contribution is 2.27. The Hall–Kier alpha value is -1.26. The summed E-state index contributed by atoms with van der Waals surface area (Å²) in [4.78, 5) is 0. The van der Waals surface area contributed by atoms with Gasteiger partial charge in [0.25, 0.3) is 0 Å². The molecule has 4 nitrogen and oxygen atoms in total. The lowest BCUT2D eigenvalue weighted by Crippen LogP contribution is -2.41. The summed E-state index contributed by atoms with van der Waals surface area (Å²) in [7, 11) is 1.64. The molecule has 1 aliphatic rings. The first kappa shape index (κ1) is 16.1. The van der Waals surface area contributed by atoms with Crippen LogP contribution in [0.25, 0.3) is 0 Å². The Bertz CT molecular complexity index is 414. The number of methoxy groups -OCH3 is 1. The van der Waals surface area contributed by atoms with Crippen LogP contribution in [0.2, 0.25) is 0 Å². The monoisotopic (exact) mass is 293 g/mol. The van der Waals surface area contributed by atoms with Crippen LogP contribution in [-0.2, 0) is 0 Å². The molecule has 1 saturated carbocycles. The van der Waals surface area contributed by atoms with Crippen LogP contribution >= 0.6 is 0 Å². The van der Waals surface area contributed by atoms with Crippen molar-refractivity contribution >= 4 is 0 Å². The number of benzene rings is 1. The Balaban J connectivity index is 1.67. The molecule has 1 fully saturated rings. The van der Waals surface area contributed by atoms with Gasteiger partial charge in [-0.2, -0.15) is 0 Å². The van der Waals surface area contributed by atoms with Crippen LogP contribution in [0.4, 0.5) is 0 Å². The molecule has 2 N–H and O–H groups in total. The molecule has 0 radical (unpaired) electrons. The zero-order valence-electron chi connectivity index (χ0n) is 12.9. The van der Waals surface area contributed by atoms with Gasteiger partial charge in [0.2, 0.25) is 0 Å². The van der Waals surface area contributed by atoms with E-state index in [1.807, 2.05) is 24.3 Å². The van der Waals surface area contributed by atoms with Crippen molar-refractivity contribution in [2.24, 2.45) is 0 Å². The van der Waals surface area contributed by atoms with Crippen molar-refractivity contribution in [3.63, 3.8) is 0 Å². The van der Waals surface area contributed by atoms with Crippen molar-refractivity contribution in [1.29, 1.82) is 0 Å². The molecule has 1 aromatic carbocycles. The quantitative estimate of drug-likeness (QED) is 0.599. The van der Waals surface area contributed by atoms with Crippen molar-refractivity contribution in [2.45, 2.75) is 44.1 Å². The molecular formula is C17H27NO3. The third-order valence-corrected chi connectivity index (χ3v) is 4.09. The SMILES string of the molecule is COc1ccccc1OCCNCC1(O)CCCCCC1. The lowest BCUT2D eigenvalue weighted by atomic mass is 9.94. The molecule has 0 aliphatic heterocycles. The number of hydrogen-bond acceptors (Lipinski definition) is 4. The van der Waals surface area contributed by atoms with Crippen molar-refractivity contribution in [3.8, 4) is 11.5 Å². The molecule has 0 atom stereocenters. The molecule has 0 bridgehead atoms. The summed E-state index contributed by atoms with van der Waals surface area (Å²) in [6.07, 6.45) is 6.59.